The van der Waals surface area contributed by atoms with E-state index in [1.807, 2.05) is 18.4 Å². The van der Waals surface area contributed by atoms with Crippen LogP contribution < -0.4 is 10.2 Å². The van der Waals surface area contributed by atoms with Crippen LogP contribution in [-0.2, 0) is 11.3 Å². The second kappa shape index (κ2) is 6.87. The summed E-state index contributed by atoms with van der Waals surface area (Å²) >= 11 is 1.84. The SMILES string of the molecule is CCC(C)c1nc(N2CC(C)OCC2C)sc1CNC. The zero-order valence-corrected chi connectivity index (χ0v) is 14.1. The van der Waals surface area contributed by atoms with E-state index < -0.39 is 0 Å². The average molecular weight is 297 g/mol. The molecule has 3 unspecified atom stereocenters. The van der Waals surface area contributed by atoms with Crippen molar-refractivity contribution in [3.63, 3.8) is 0 Å². The van der Waals surface area contributed by atoms with E-state index in [1.54, 1.807) is 0 Å². The second-order valence-electron chi connectivity index (χ2n) is 5.79. The van der Waals surface area contributed by atoms with Gasteiger partial charge in [0.25, 0.3) is 0 Å². The third kappa shape index (κ3) is 3.32. The first kappa shape index (κ1) is 15.7. The van der Waals surface area contributed by atoms with Crippen molar-refractivity contribution in [2.24, 2.45) is 0 Å². The molecule has 0 spiro atoms. The van der Waals surface area contributed by atoms with Crippen molar-refractivity contribution in [3.8, 4) is 0 Å². The Labute approximate surface area is 126 Å². The molecule has 3 atom stereocenters. The van der Waals surface area contributed by atoms with E-state index in [0.717, 1.165) is 31.2 Å². The molecule has 1 aliphatic heterocycles. The molecule has 2 rings (SSSR count). The van der Waals surface area contributed by atoms with Gasteiger partial charge in [0.15, 0.2) is 5.13 Å². The van der Waals surface area contributed by atoms with Crippen molar-refractivity contribution in [3.05, 3.63) is 10.6 Å². The Bertz CT molecular complexity index is 435. The minimum atomic E-state index is 0.287. The van der Waals surface area contributed by atoms with Crippen molar-refractivity contribution in [2.45, 2.75) is 58.7 Å². The highest BCUT2D eigenvalue weighted by atomic mass is 32.1. The fraction of sp³-hybridized carbons (Fsp3) is 0.800. The van der Waals surface area contributed by atoms with Gasteiger partial charge < -0.3 is 15.0 Å². The van der Waals surface area contributed by atoms with Gasteiger partial charge in [0.05, 0.1) is 24.4 Å². The van der Waals surface area contributed by atoms with Gasteiger partial charge in [-0.3, -0.25) is 0 Å². The molecule has 0 radical (unpaired) electrons. The van der Waals surface area contributed by atoms with Gasteiger partial charge in [0.2, 0.25) is 0 Å². The van der Waals surface area contributed by atoms with Crippen LogP contribution in [0.25, 0.3) is 0 Å². The van der Waals surface area contributed by atoms with Gasteiger partial charge in [-0.05, 0) is 33.2 Å². The Kier molecular flexibility index (Phi) is 5.41. The molecule has 1 aliphatic rings. The molecule has 1 aromatic rings. The lowest BCUT2D eigenvalue weighted by Gasteiger charge is -2.36. The van der Waals surface area contributed by atoms with E-state index in [-0.39, 0.29) is 6.10 Å². The Balaban J connectivity index is 2.27. The summed E-state index contributed by atoms with van der Waals surface area (Å²) in [5.41, 5.74) is 1.27. The number of rotatable bonds is 5. The van der Waals surface area contributed by atoms with Gasteiger partial charge in [0.1, 0.15) is 0 Å². The first-order valence-corrected chi connectivity index (χ1v) is 8.40. The van der Waals surface area contributed by atoms with E-state index >= 15 is 0 Å². The highest BCUT2D eigenvalue weighted by Crippen LogP contribution is 2.34. The third-order valence-electron chi connectivity index (χ3n) is 3.99. The molecule has 0 amide bonds. The summed E-state index contributed by atoms with van der Waals surface area (Å²) in [6, 6.07) is 0.407. The van der Waals surface area contributed by atoms with Crippen molar-refractivity contribution in [1.82, 2.24) is 10.3 Å². The molecule has 20 heavy (non-hydrogen) atoms. The molecular weight excluding hydrogens is 270 g/mol. The van der Waals surface area contributed by atoms with Crippen molar-refractivity contribution >= 4 is 16.5 Å². The number of aromatic nitrogens is 1. The maximum absolute atomic E-state index is 5.72. The molecule has 1 N–H and O–H groups in total. The highest BCUT2D eigenvalue weighted by Gasteiger charge is 2.27. The lowest BCUT2D eigenvalue weighted by Crippen LogP contribution is -2.47. The number of thiazole rings is 1. The molecule has 5 heteroatoms. The molecule has 1 fully saturated rings. The lowest BCUT2D eigenvalue weighted by molar-refractivity contribution is 0.0343. The van der Waals surface area contributed by atoms with Crippen molar-refractivity contribution in [2.75, 3.05) is 25.1 Å². The minimum Gasteiger partial charge on any atom is -0.375 e. The Morgan fingerprint density at radius 2 is 2.25 bits per heavy atom. The van der Waals surface area contributed by atoms with Crippen LogP contribution in [0.1, 0.15) is 50.6 Å². The maximum Gasteiger partial charge on any atom is 0.186 e. The smallest absolute Gasteiger partial charge is 0.186 e. The molecule has 0 bridgehead atoms. The van der Waals surface area contributed by atoms with Crippen molar-refractivity contribution < 1.29 is 4.74 Å². The van der Waals surface area contributed by atoms with Gasteiger partial charge in [-0.15, -0.1) is 11.3 Å². The first-order chi connectivity index (χ1) is 9.56. The Morgan fingerprint density at radius 1 is 1.50 bits per heavy atom. The molecule has 0 aromatic carbocycles. The largest absolute Gasteiger partial charge is 0.375 e. The summed E-state index contributed by atoms with van der Waals surface area (Å²) in [6.45, 7) is 11.5. The number of nitrogens with zero attached hydrogens (tertiary/aromatic N) is 2. The van der Waals surface area contributed by atoms with Gasteiger partial charge in [0, 0.05) is 18.0 Å². The number of morpholine rings is 1. The Morgan fingerprint density at radius 3 is 2.90 bits per heavy atom. The highest BCUT2D eigenvalue weighted by molar-refractivity contribution is 7.15. The zero-order chi connectivity index (χ0) is 14.7. The van der Waals surface area contributed by atoms with E-state index in [2.05, 4.69) is 37.9 Å². The van der Waals surface area contributed by atoms with Crippen LogP contribution in [0.5, 0.6) is 0 Å². The monoisotopic (exact) mass is 297 g/mol. The number of hydrogen-bond donors (Lipinski definition) is 1. The predicted molar refractivity (Wildman–Crippen MR) is 85.8 cm³/mol. The van der Waals surface area contributed by atoms with Gasteiger partial charge in [-0.25, -0.2) is 4.98 Å². The first-order valence-electron chi connectivity index (χ1n) is 7.59. The van der Waals surface area contributed by atoms with Crippen molar-refractivity contribution in [1.29, 1.82) is 0 Å². The van der Waals surface area contributed by atoms with Gasteiger partial charge in [-0.2, -0.15) is 0 Å². The van der Waals surface area contributed by atoms with Crippen LogP contribution in [0.4, 0.5) is 5.13 Å². The fourth-order valence-corrected chi connectivity index (χ4v) is 3.81. The average Bonchev–Trinajstić information content (AvgIpc) is 2.85. The normalized spacial score (nSPS) is 24.9. The third-order valence-corrected chi connectivity index (χ3v) is 5.09. The number of nitrogens with one attached hydrogen (secondary N) is 1. The fourth-order valence-electron chi connectivity index (χ4n) is 2.51. The predicted octanol–water partition coefficient (Wildman–Crippen LogP) is 2.99. The van der Waals surface area contributed by atoms with Crippen LogP contribution >= 0.6 is 11.3 Å². The summed E-state index contributed by atoms with van der Waals surface area (Å²) in [5, 5.41) is 4.43. The standard InChI is InChI=1S/C15H27N3OS/c1-6-10(2)14-13(7-16-5)20-15(17-14)18-8-12(4)19-9-11(18)3/h10-12,16H,6-9H2,1-5H3. The number of ether oxygens (including phenoxy) is 1. The van der Waals surface area contributed by atoms with Crippen LogP contribution in [0.15, 0.2) is 0 Å². The minimum absolute atomic E-state index is 0.287. The van der Waals surface area contributed by atoms with Crippen LogP contribution in [0.3, 0.4) is 0 Å². The zero-order valence-electron chi connectivity index (χ0n) is 13.3. The summed E-state index contributed by atoms with van der Waals surface area (Å²) in [5.74, 6) is 0.525. The summed E-state index contributed by atoms with van der Waals surface area (Å²) in [4.78, 5) is 8.74. The topological polar surface area (TPSA) is 37.4 Å². The molecule has 0 saturated carbocycles. The molecule has 0 aliphatic carbocycles. The quantitative estimate of drug-likeness (QED) is 0.906. The molecule has 4 nitrogen and oxygen atoms in total. The summed E-state index contributed by atoms with van der Waals surface area (Å²) < 4.78 is 5.72. The van der Waals surface area contributed by atoms with Crippen LogP contribution in [0.2, 0.25) is 0 Å². The van der Waals surface area contributed by atoms with E-state index in [1.165, 1.54) is 10.6 Å². The molecular formula is C15H27N3OS. The van der Waals surface area contributed by atoms with E-state index in [0.29, 0.717) is 12.0 Å². The molecule has 1 saturated heterocycles. The van der Waals surface area contributed by atoms with E-state index in [9.17, 15) is 0 Å². The van der Waals surface area contributed by atoms with Gasteiger partial charge >= 0.3 is 0 Å². The lowest BCUT2D eigenvalue weighted by atomic mass is 10.0. The van der Waals surface area contributed by atoms with Gasteiger partial charge in [-0.1, -0.05) is 13.8 Å². The van der Waals surface area contributed by atoms with Crippen LogP contribution in [-0.4, -0.2) is 37.3 Å². The number of anilines is 1. The van der Waals surface area contributed by atoms with Crippen LogP contribution in [0, 0.1) is 0 Å². The molecule has 1 aromatic heterocycles. The number of hydrogen-bond acceptors (Lipinski definition) is 5. The summed E-state index contributed by atoms with van der Waals surface area (Å²) in [6.07, 6.45) is 1.42. The van der Waals surface area contributed by atoms with E-state index in [4.69, 9.17) is 9.72 Å². The maximum atomic E-state index is 5.72. The Hall–Kier alpha value is -0.650. The summed E-state index contributed by atoms with van der Waals surface area (Å²) in [7, 11) is 2.00. The second-order valence-corrected chi connectivity index (χ2v) is 6.85. The molecule has 2 heterocycles. The molecule has 114 valence electrons.